The Balaban J connectivity index is 1.69. The maximum absolute atomic E-state index is 6.20. The minimum Gasteiger partial charge on any atom is -0.296 e. The number of pyridine rings is 1. The van der Waals surface area contributed by atoms with Gasteiger partial charge in [-0.05, 0) is 37.7 Å². The van der Waals surface area contributed by atoms with Gasteiger partial charge in [-0.1, -0.05) is 23.2 Å². The van der Waals surface area contributed by atoms with Crippen LogP contribution in [0, 0.1) is 5.92 Å². The minimum absolute atomic E-state index is 0.471. The van der Waals surface area contributed by atoms with Crippen LogP contribution in [0.1, 0.15) is 31.2 Å². The van der Waals surface area contributed by atoms with Crippen molar-refractivity contribution in [3.63, 3.8) is 0 Å². The summed E-state index contributed by atoms with van der Waals surface area (Å²) < 4.78 is 0. The molecule has 0 aromatic carbocycles. The zero-order valence-corrected chi connectivity index (χ0v) is 11.2. The molecule has 1 heterocycles. The van der Waals surface area contributed by atoms with Gasteiger partial charge in [0.05, 0.1) is 0 Å². The number of aromatic nitrogens is 1. The average molecular weight is 271 g/mol. The van der Waals surface area contributed by atoms with E-state index >= 15 is 0 Å². The van der Waals surface area contributed by atoms with Crippen LogP contribution in [0.2, 0.25) is 10.2 Å². The van der Waals surface area contributed by atoms with E-state index in [1.807, 2.05) is 6.20 Å². The summed E-state index contributed by atoms with van der Waals surface area (Å²) in [4.78, 5) is 6.69. The molecular formula is C13H16Cl2N2. The first-order valence-electron chi connectivity index (χ1n) is 6.26. The van der Waals surface area contributed by atoms with E-state index in [4.69, 9.17) is 23.2 Å². The van der Waals surface area contributed by atoms with Gasteiger partial charge in [-0.3, -0.25) is 4.90 Å². The standard InChI is InChI=1S/C13H16Cl2N2/c14-12-5-13(15)16-6-10(12)8-17(11-3-4-11)7-9-1-2-9/h5-6,9,11H,1-4,7-8H2. The van der Waals surface area contributed by atoms with E-state index in [9.17, 15) is 0 Å². The molecule has 2 fully saturated rings. The molecule has 92 valence electrons. The second kappa shape index (κ2) is 4.75. The molecule has 0 unspecified atom stereocenters. The number of hydrogen-bond acceptors (Lipinski definition) is 2. The van der Waals surface area contributed by atoms with Gasteiger partial charge in [0.25, 0.3) is 0 Å². The summed E-state index contributed by atoms with van der Waals surface area (Å²) in [7, 11) is 0. The number of hydrogen-bond donors (Lipinski definition) is 0. The van der Waals surface area contributed by atoms with Crippen LogP contribution in [0.5, 0.6) is 0 Å². The van der Waals surface area contributed by atoms with Crippen LogP contribution in [0.15, 0.2) is 12.3 Å². The van der Waals surface area contributed by atoms with E-state index in [2.05, 4.69) is 9.88 Å². The molecule has 3 rings (SSSR count). The van der Waals surface area contributed by atoms with Gasteiger partial charge in [-0.25, -0.2) is 4.98 Å². The number of halogens is 2. The molecule has 0 amide bonds. The first-order valence-corrected chi connectivity index (χ1v) is 7.02. The second-order valence-electron chi connectivity index (χ2n) is 5.20. The molecule has 0 aliphatic heterocycles. The summed E-state index contributed by atoms with van der Waals surface area (Å²) >= 11 is 12.0. The Hall–Kier alpha value is -0.310. The fourth-order valence-corrected chi connectivity index (χ4v) is 2.61. The molecule has 2 nitrogen and oxygen atoms in total. The van der Waals surface area contributed by atoms with Crippen molar-refractivity contribution in [2.24, 2.45) is 5.92 Å². The van der Waals surface area contributed by atoms with Gasteiger partial charge in [-0.15, -0.1) is 0 Å². The molecule has 0 atom stereocenters. The van der Waals surface area contributed by atoms with Gasteiger partial charge in [-0.2, -0.15) is 0 Å². The van der Waals surface area contributed by atoms with Gasteiger partial charge in [0.1, 0.15) is 5.15 Å². The quantitative estimate of drug-likeness (QED) is 0.758. The van der Waals surface area contributed by atoms with Crippen molar-refractivity contribution in [3.05, 3.63) is 28.0 Å². The highest BCUT2D eigenvalue weighted by Gasteiger charge is 2.33. The summed E-state index contributed by atoms with van der Waals surface area (Å²) in [6, 6.07) is 2.52. The first kappa shape index (κ1) is 11.8. The smallest absolute Gasteiger partial charge is 0.130 e. The van der Waals surface area contributed by atoms with Crippen LogP contribution in [0.3, 0.4) is 0 Å². The Morgan fingerprint density at radius 2 is 2.00 bits per heavy atom. The third kappa shape index (κ3) is 3.12. The maximum Gasteiger partial charge on any atom is 0.130 e. The molecule has 0 spiro atoms. The molecule has 0 N–H and O–H groups in total. The Morgan fingerprint density at radius 1 is 1.24 bits per heavy atom. The highest BCUT2D eigenvalue weighted by Crippen LogP contribution is 2.36. The molecule has 2 saturated carbocycles. The molecular weight excluding hydrogens is 255 g/mol. The predicted molar refractivity (Wildman–Crippen MR) is 70.4 cm³/mol. The molecule has 0 bridgehead atoms. The lowest BCUT2D eigenvalue weighted by Gasteiger charge is -2.22. The van der Waals surface area contributed by atoms with Crippen LogP contribution in [0.4, 0.5) is 0 Å². The van der Waals surface area contributed by atoms with Crippen LogP contribution >= 0.6 is 23.2 Å². The third-order valence-corrected chi connectivity index (χ3v) is 4.08. The van der Waals surface area contributed by atoms with Gasteiger partial charge in [0, 0.05) is 35.9 Å². The summed E-state index contributed by atoms with van der Waals surface area (Å²) in [6.45, 7) is 2.15. The Bertz CT molecular complexity index is 414. The maximum atomic E-state index is 6.20. The van der Waals surface area contributed by atoms with Crippen molar-refractivity contribution >= 4 is 23.2 Å². The van der Waals surface area contributed by atoms with Gasteiger partial charge >= 0.3 is 0 Å². The van der Waals surface area contributed by atoms with E-state index < -0.39 is 0 Å². The van der Waals surface area contributed by atoms with Crippen molar-refractivity contribution in [2.45, 2.75) is 38.3 Å². The van der Waals surface area contributed by atoms with Gasteiger partial charge in [0.2, 0.25) is 0 Å². The van der Waals surface area contributed by atoms with E-state index in [-0.39, 0.29) is 0 Å². The fourth-order valence-electron chi connectivity index (χ4n) is 2.19. The van der Waals surface area contributed by atoms with Crippen LogP contribution < -0.4 is 0 Å². The minimum atomic E-state index is 0.471. The molecule has 0 radical (unpaired) electrons. The summed E-state index contributed by atoms with van der Waals surface area (Å²) in [5.41, 5.74) is 1.10. The molecule has 17 heavy (non-hydrogen) atoms. The topological polar surface area (TPSA) is 16.1 Å². The average Bonchev–Trinajstić information content (AvgIpc) is 3.14. The fraction of sp³-hybridized carbons (Fsp3) is 0.615. The highest BCUT2D eigenvalue weighted by molar-refractivity contribution is 6.34. The summed E-state index contributed by atoms with van der Waals surface area (Å²) in [5, 5.41) is 1.21. The van der Waals surface area contributed by atoms with Crippen LogP contribution in [0.25, 0.3) is 0 Å². The zero-order valence-electron chi connectivity index (χ0n) is 9.70. The summed E-state index contributed by atoms with van der Waals surface area (Å²) in [5.74, 6) is 0.926. The zero-order chi connectivity index (χ0) is 11.8. The molecule has 2 aliphatic rings. The molecule has 4 heteroatoms. The van der Waals surface area contributed by atoms with E-state index in [0.29, 0.717) is 5.15 Å². The lowest BCUT2D eigenvalue weighted by atomic mass is 10.2. The normalized spacial score (nSPS) is 19.9. The first-order chi connectivity index (χ1) is 8.22. The van der Waals surface area contributed by atoms with Gasteiger partial charge < -0.3 is 0 Å². The van der Waals surface area contributed by atoms with Crippen molar-refractivity contribution in [3.8, 4) is 0 Å². The Morgan fingerprint density at radius 3 is 2.59 bits per heavy atom. The van der Waals surface area contributed by atoms with Crippen LogP contribution in [-0.2, 0) is 6.54 Å². The molecule has 1 aromatic rings. The number of nitrogens with zero attached hydrogens (tertiary/aromatic N) is 2. The largest absolute Gasteiger partial charge is 0.296 e. The highest BCUT2D eigenvalue weighted by atomic mass is 35.5. The van der Waals surface area contributed by atoms with Crippen molar-refractivity contribution < 1.29 is 0 Å². The van der Waals surface area contributed by atoms with Crippen molar-refractivity contribution in [1.29, 1.82) is 0 Å². The molecule has 0 saturated heterocycles. The van der Waals surface area contributed by atoms with Crippen molar-refractivity contribution in [1.82, 2.24) is 9.88 Å². The lowest BCUT2D eigenvalue weighted by Crippen LogP contribution is -2.28. The van der Waals surface area contributed by atoms with Crippen molar-refractivity contribution in [2.75, 3.05) is 6.54 Å². The van der Waals surface area contributed by atoms with E-state index in [1.54, 1.807) is 6.07 Å². The molecule has 1 aromatic heterocycles. The Labute approximate surface area is 112 Å². The SMILES string of the molecule is Clc1cc(Cl)c(CN(CC2CC2)C2CC2)cn1. The number of rotatable bonds is 5. The van der Waals surface area contributed by atoms with E-state index in [0.717, 1.165) is 29.1 Å². The van der Waals surface area contributed by atoms with Crippen LogP contribution in [-0.4, -0.2) is 22.5 Å². The molecule has 2 aliphatic carbocycles. The lowest BCUT2D eigenvalue weighted by molar-refractivity contribution is 0.244. The summed E-state index contributed by atoms with van der Waals surface area (Å²) in [6.07, 6.45) is 7.29. The Kier molecular flexibility index (Phi) is 3.29. The predicted octanol–water partition coefficient (Wildman–Crippen LogP) is 3.76. The monoisotopic (exact) mass is 270 g/mol. The second-order valence-corrected chi connectivity index (χ2v) is 6.00. The van der Waals surface area contributed by atoms with E-state index in [1.165, 1.54) is 32.2 Å². The van der Waals surface area contributed by atoms with Gasteiger partial charge in [0.15, 0.2) is 0 Å². The third-order valence-electron chi connectivity index (χ3n) is 3.52.